The number of benzene rings is 1. The summed E-state index contributed by atoms with van der Waals surface area (Å²) < 4.78 is 5.01. The monoisotopic (exact) mass is 370 g/mol. The fraction of sp³-hybridized carbons (Fsp3) is 0.400. The van der Waals surface area contributed by atoms with Gasteiger partial charge in [-0.25, -0.2) is 0 Å². The minimum absolute atomic E-state index is 0.0606. The topological polar surface area (TPSA) is 77.8 Å². The molecule has 7 heteroatoms. The molecule has 0 atom stereocenters. The van der Waals surface area contributed by atoms with Crippen molar-refractivity contribution in [2.24, 2.45) is 0 Å². The van der Waals surface area contributed by atoms with Gasteiger partial charge in [-0.1, -0.05) is 0 Å². The summed E-state index contributed by atoms with van der Waals surface area (Å²) >= 11 is 0. The Morgan fingerprint density at radius 2 is 1.81 bits per heavy atom. The standard InChI is InChI=1S/C20H26N4O3/c1-23-11-13-24(14-12-23)17-8-6-16(7-9-17)22-19(25)5-2-10-21-20(26)18-4-3-15-27-18/h3-4,6-9,15H,2,5,10-14H2,1H3,(H,21,26)(H,22,25). The minimum atomic E-state index is -0.264. The SMILES string of the molecule is CN1CCN(c2ccc(NC(=O)CCCNC(=O)c3ccco3)cc2)CC1. The van der Waals surface area contributed by atoms with Crippen LogP contribution in [0.15, 0.2) is 47.1 Å². The van der Waals surface area contributed by atoms with Crippen LogP contribution in [0, 0.1) is 0 Å². The third-order valence-electron chi connectivity index (χ3n) is 4.63. The molecule has 0 unspecified atom stereocenters. The summed E-state index contributed by atoms with van der Waals surface area (Å²) in [7, 11) is 2.14. The average molecular weight is 370 g/mol. The van der Waals surface area contributed by atoms with E-state index < -0.39 is 0 Å². The van der Waals surface area contributed by atoms with Crippen molar-refractivity contribution < 1.29 is 14.0 Å². The number of hydrogen-bond acceptors (Lipinski definition) is 5. The van der Waals surface area contributed by atoms with Gasteiger partial charge in [0.25, 0.3) is 5.91 Å². The Hall–Kier alpha value is -2.80. The summed E-state index contributed by atoms with van der Waals surface area (Å²) in [6.07, 6.45) is 2.37. The van der Waals surface area contributed by atoms with Crippen molar-refractivity contribution >= 4 is 23.2 Å². The van der Waals surface area contributed by atoms with Gasteiger partial charge in [-0.05, 0) is 49.9 Å². The normalized spacial score (nSPS) is 14.8. The van der Waals surface area contributed by atoms with Crippen LogP contribution in [0.1, 0.15) is 23.4 Å². The van der Waals surface area contributed by atoms with E-state index in [1.54, 1.807) is 12.1 Å². The molecule has 1 fully saturated rings. The third-order valence-corrected chi connectivity index (χ3v) is 4.63. The van der Waals surface area contributed by atoms with E-state index in [0.29, 0.717) is 19.4 Å². The number of hydrogen-bond donors (Lipinski definition) is 2. The van der Waals surface area contributed by atoms with Crippen molar-refractivity contribution in [3.05, 3.63) is 48.4 Å². The Kier molecular flexibility index (Phi) is 6.49. The molecular weight excluding hydrogens is 344 g/mol. The second kappa shape index (κ2) is 9.23. The van der Waals surface area contributed by atoms with E-state index in [4.69, 9.17) is 4.42 Å². The number of nitrogens with one attached hydrogen (secondary N) is 2. The van der Waals surface area contributed by atoms with Crippen LogP contribution in [0.4, 0.5) is 11.4 Å². The summed E-state index contributed by atoms with van der Waals surface area (Å²) in [5.41, 5.74) is 1.97. The van der Waals surface area contributed by atoms with Crippen LogP contribution in [-0.2, 0) is 4.79 Å². The smallest absolute Gasteiger partial charge is 0.286 e. The molecule has 1 aromatic carbocycles. The molecule has 1 aromatic heterocycles. The molecule has 0 bridgehead atoms. The van der Waals surface area contributed by atoms with Gasteiger partial charge in [0.1, 0.15) is 0 Å². The third kappa shape index (κ3) is 5.59. The van der Waals surface area contributed by atoms with Crippen molar-refractivity contribution in [3.63, 3.8) is 0 Å². The van der Waals surface area contributed by atoms with E-state index in [1.807, 2.05) is 24.3 Å². The first kappa shape index (κ1) is 19.0. The Morgan fingerprint density at radius 1 is 1.07 bits per heavy atom. The molecule has 144 valence electrons. The van der Waals surface area contributed by atoms with Gasteiger partial charge >= 0.3 is 0 Å². The van der Waals surface area contributed by atoms with E-state index in [2.05, 4.69) is 27.5 Å². The summed E-state index contributed by atoms with van der Waals surface area (Å²) in [4.78, 5) is 28.4. The second-order valence-electron chi connectivity index (χ2n) is 6.72. The predicted octanol–water partition coefficient (Wildman–Crippen LogP) is 2.18. The minimum Gasteiger partial charge on any atom is -0.459 e. The number of piperazine rings is 1. The summed E-state index contributed by atoms with van der Waals surface area (Å²) in [5.74, 6) is -0.0469. The zero-order valence-electron chi connectivity index (χ0n) is 15.6. The molecular formula is C20H26N4O3. The Bertz CT molecular complexity index is 735. The van der Waals surface area contributed by atoms with Crippen LogP contribution >= 0.6 is 0 Å². The molecule has 0 radical (unpaired) electrons. The zero-order chi connectivity index (χ0) is 19.1. The second-order valence-corrected chi connectivity index (χ2v) is 6.72. The largest absolute Gasteiger partial charge is 0.459 e. The van der Waals surface area contributed by atoms with Crippen LogP contribution in [-0.4, -0.2) is 56.5 Å². The van der Waals surface area contributed by atoms with Gasteiger partial charge in [-0.2, -0.15) is 0 Å². The summed E-state index contributed by atoms with van der Waals surface area (Å²) in [5, 5.41) is 5.63. The van der Waals surface area contributed by atoms with Gasteiger partial charge in [0.05, 0.1) is 6.26 Å². The van der Waals surface area contributed by atoms with E-state index in [9.17, 15) is 9.59 Å². The maximum absolute atomic E-state index is 12.1. The number of carbonyl (C=O) groups is 2. The van der Waals surface area contributed by atoms with Gasteiger partial charge in [-0.15, -0.1) is 0 Å². The summed E-state index contributed by atoms with van der Waals surface area (Å²) in [6.45, 7) is 4.59. The number of likely N-dealkylation sites (N-methyl/N-ethyl adjacent to an activating group) is 1. The fourth-order valence-corrected chi connectivity index (χ4v) is 2.99. The van der Waals surface area contributed by atoms with Gasteiger partial charge < -0.3 is 24.9 Å². The zero-order valence-corrected chi connectivity index (χ0v) is 15.6. The van der Waals surface area contributed by atoms with Crippen molar-refractivity contribution in [2.45, 2.75) is 12.8 Å². The quantitative estimate of drug-likeness (QED) is 0.731. The molecule has 1 saturated heterocycles. The van der Waals surface area contributed by atoms with Crippen LogP contribution in [0.5, 0.6) is 0 Å². The maximum atomic E-state index is 12.1. The molecule has 27 heavy (non-hydrogen) atoms. The first-order chi connectivity index (χ1) is 13.1. The lowest BCUT2D eigenvalue weighted by molar-refractivity contribution is -0.116. The maximum Gasteiger partial charge on any atom is 0.286 e. The van der Waals surface area contributed by atoms with E-state index in [0.717, 1.165) is 31.9 Å². The van der Waals surface area contributed by atoms with Crippen molar-refractivity contribution in [1.82, 2.24) is 10.2 Å². The lowest BCUT2D eigenvalue weighted by Crippen LogP contribution is -2.44. The number of rotatable bonds is 7. The molecule has 1 aliphatic heterocycles. The van der Waals surface area contributed by atoms with Crippen molar-refractivity contribution in [3.8, 4) is 0 Å². The van der Waals surface area contributed by atoms with Crippen LogP contribution in [0.3, 0.4) is 0 Å². The van der Waals surface area contributed by atoms with E-state index >= 15 is 0 Å². The molecule has 2 N–H and O–H groups in total. The van der Waals surface area contributed by atoms with Crippen LogP contribution in [0.2, 0.25) is 0 Å². The highest BCUT2D eigenvalue weighted by atomic mass is 16.3. The predicted molar refractivity (Wildman–Crippen MR) is 105 cm³/mol. The molecule has 0 aliphatic carbocycles. The van der Waals surface area contributed by atoms with Crippen LogP contribution < -0.4 is 15.5 Å². The first-order valence-corrected chi connectivity index (χ1v) is 9.27. The van der Waals surface area contributed by atoms with Crippen LogP contribution in [0.25, 0.3) is 0 Å². The highest BCUT2D eigenvalue weighted by molar-refractivity contribution is 5.92. The highest BCUT2D eigenvalue weighted by Crippen LogP contribution is 2.19. The van der Waals surface area contributed by atoms with Gasteiger partial charge in [0.15, 0.2) is 5.76 Å². The molecule has 7 nitrogen and oxygen atoms in total. The molecule has 3 rings (SSSR count). The van der Waals surface area contributed by atoms with E-state index in [1.165, 1.54) is 12.0 Å². The lowest BCUT2D eigenvalue weighted by atomic mass is 10.2. The fourth-order valence-electron chi connectivity index (χ4n) is 2.99. The highest BCUT2D eigenvalue weighted by Gasteiger charge is 2.14. The average Bonchev–Trinajstić information content (AvgIpc) is 3.21. The number of anilines is 2. The first-order valence-electron chi connectivity index (χ1n) is 9.27. The van der Waals surface area contributed by atoms with Crippen molar-refractivity contribution in [2.75, 3.05) is 50.0 Å². The van der Waals surface area contributed by atoms with Gasteiger partial charge in [-0.3, -0.25) is 9.59 Å². The molecule has 0 saturated carbocycles. The van der Waals surface area contributed by atoms with Gasteiger partial charge in [0, 0.05) is 50.5 Å². The van der Waals surface area contributed by atoms with E-state index in [-0.39, 0.29) is 17.6 Å². The van der Waals surface area contributed by atoms with Gasteiger partial charge in [0.2, 0.25) is 5.91 Å². The Labute approximate surface area is 159 Å². The number of furan rings is 1. The molecule has 1 aliphatic rings. The lowest BCUT2D eigenvalue weighted by Gasteiger charge is -2.34. The molecule has 0 spiro atoms. The number of nitrogens with zero attached hydrogens (tertiary/aromatic N) is 2. The molecule has 2 amide bonds. The molecule has 2 aromatic rings. The number of carbonyl (C=O) groups excluding carboxylic acids is 2. The summed E-state index contributed by atoms with van der Waals surface area (Å²) in [6, 6.07) is 11.2. The molecule has 2 heterocycles. The number of amides is 2. The Balaban J connectivity index is 1.37. The Morgan fingerprint density at radius 3 is 2.48 bits per heavy atom. The van der Waals surface area contributed by atoms with Crippen molar-refractivity contribution in [1.29, 1.82) is 0 Å².